The molecule has 4 nitrogen and oxygen atoms in total. The number of benzene rings is 1. The lowest BCUT2D eigenvalue weighted by Crippen LogP contribution is -2.12. The highest BCUT2D eigenvalue weighted by Crippen LogP contribution is 2.02. The molecule has 1 aromatic rings. The van der Waals surface area contributed by atoms with Gasteiger partial charge in [-0.25, -0.2) is 0 Å². The fourth-order valence-electron chi connectivity index (χ4n) is 0.924. The predicted molar refractivity (Wildman–Crippen MR) is 52.9 cm³/mol. The molecule has 0 unspecified atom stereocenters. The van der Waals surface area contributed by atoms with Crippen LogP contribution in [0.1, 0.15) is 11.1 Å². The van der Waals surface area contributed by atoms with Crippen molar-refractivity contribution in [1.82, 2.24) is 0 Å². The van der Waals surface area contributed by atoms with Crippen molar-refractivity contribution in [2.24, 2.45) is 10.9 Å². The summed E-state index contributed by atoms with van der Waals surface area (Å²) >= 11 is 0. The van der Waals surface area contributed by atoms with Gasteiger partial charge in [0.15, 0.2) is 5.84 Å². The van der Waals surface area contributed by atoms with E-state index in [0.29, 0.717) is 5.56 Å². The van der Waals surface area contributed by atoms with Crippen LogP contribution in [0.3, 0.4) is 0 Å². The maximum atomic E-state index is 8.46. The van der Waals surface area contributed by atoms with Gasteiger partial charge in [-0.1, -0.05) is 17.0 Å². The highest BCUT2D eigenvalue weighted by atomic mass is 16.4. The van der Waals surface area contributed by atoms with Crippen molar-refractivity contribution < 1.29 is 10.3 Å². The molecule has 1 rings (SSSR count). The Morgan fingerprint density at radius 3 is 2.50 bits per heavy atom. The van der Waals surface area contributed by atoms with Crippen LogP contribution in [-0.2, 0) is 0 Å². The SMILES string of the molecule is NC(=NO)c1ccc(C#CCO)cc1. The number of amidine groups is 1. The van der Waals surface area contributed by atoms with Crippen molar-refractivity contribution in [2.45, 2.75) is 0 Å². The monoisotopic (exact) mass is 190 g/mol. The summed E-state index contributed by atoms with van der Waals surface area (Å²) in [7, 11) is 0. The van der Waals surface area contributed by atoms with Crippen LogP contribution in [-0.4, -0.2) is 22.8 Å². The smallest absolute Gasteiger partial charge is 0.170 e. The summed E-state index contributed by atoms with van der Waals surface area (Å²) in [5, 5.41) is 19.7. The molecule has 0 aliphatic rings. The third-order valence-corrected chi connectivity index (χ3v) is 1.60. The molecule has 0 aromatic heterocycles. The number of nitrogens with zero attached hydrogens (tertiary/aromatic N) is 1. The Kier molecular flexibility index (Phi) is 3.53. The largest absolute Gasteiger partial charge is 0.409 e. The fraction of sp³-hybridized carbons (Fsp3) is 0.100. The quantitative estimate of drug-likeness (QED) is 0.193. The summed E-state index contributed by atoms with van der Waals surface area (Å²) in [6, 6.07) is 6.85. The zero-order valence-corrected chi connectivity index (χ0v) is 7.44. The molecule has 0 atom stereocenters. The molecule has 0 spiro atoms. The third kappa shape index (κ3) is 2.51. The minimum absolute atomic E-state index is 0.0617. The number of hydrogen-bond acceptors (Lipinski definition) is 3. The number of nitrogens with two attached hydrogens (primary N) is 1. The van der Waals surface area contributed by atoms with Gasteiger partial charge < -0.3 is 16.0 Å². The standard InChI is InChI=1S/C10H10N2O2/c11-10(12-14)9-5-3-8(4-6-9)2-1-7-13/h3-6,13-14H,7H2,(H2,11,12). The maximum absolute atomic E-state index is 8.46. The minimum atomic E-state index is -0.165. The molecule has 0 aliphatic heterocycles. The van der Waals surface area contributed by atoms with E-state index >= 15 is 0 Å². The van der Waals surface area contributed by atoms with Gasteiger partial charge in [-0.15, -0.1) is 0 Å². The molecular weight excluding hydrogens is 180 g/mol. The van der Waals surface area contributed by atoms with Crippen molar-refractivity contribution in [2.75, 3.05) is 6.61 Å². The Bertz CT molecular complexity index is 385. The highest BCUT2D eigenvalue weighted by molar-refractivity contribution is 5.97. The van der Waals surface area contributed by atoms with Crippen LogP contribution in [0.5, 0.6) is 0 Å². The average Bonchev–Trinajstić information content (AvgIpc) is 2.26. The second-order valence-corrected chi connectivity index (χ2v) is 2.52. The molecule has 0 radical (unpaired) electrons. The number of aliphatic hydroxyl groups excluding tert-OH is 1. The number of aliphatic hydroxyl groups is 1. The van der Waals surface area contributed by atoms with E-state index in [1.807, 2.05) is 0 Å². The summed E-state index contributed by atoms with van der Waals surface area (Å²) in [5.74, 6) is 5.32. The predicted octanol–water partition coefficient (Wildman–Crippen LogP) is 0.125. The lowest BCUT2D eigenvalue weighted by atomic mass is 10.1. The topological polar surface area (TPSA) is 78.8 Å². The van der Waals surface area contributed by atoms with E-state index in [2.05, 4.69) is 17.0 Å². The first-order valence-corrected chi connectivity index (χ1v) is 3.95. The number of hydrogen-bond donors (Lipinski definition) is 3. The van der Waals surface area contributed by atoms with Gasteiger partial charge in [0.2, 0.25) is 0 Å². The molecule has 0 amide bonds. The van der Waals surface area contributed by atoms with E-state index in [9.17, 15) is 0 Å². The lowest BCUT2D eigenvalue weighted by Gasteiger charge is -1.97. The van der Waals surface area contributed by atoms with Gasteiger partial charge >= 0.3 is 0 Å². The summed E-state index contributed by atoms with van der Waals surface area (Å²) in [4.78, 5) is 0. The van der Waals surface area contributed by atoms with Gasteiger partial charge in [-0.2, -0.15) is 0 Å². The second-order valence-electron chi connectivity index (χ2n) is 2.52. The Balaban J connectivity index is 2.89. The molecule has 0 saturated carbocycles. The Morgan fingerprint density at radius 1 is 1.36 bits per heavy atom. The summed E-state index contributed by atoms with van der Waals surface area (Å²) in [6.07, 6.45) is 0. The first-order valence-electron chi connectivity index (χ1n) is 3.95. The third-order valence-electron chi connectivity index (χ3n) is 1.60. The van der Waals surface area contributed by atoms with Crippen molar-refractivity contribution in [3.05, 3.63) is 35.4 Å². The molecule has 4 heteroatoms. The highest BCUT2D eigenvalue weighted by Gasteiger charge is 1.96. The zero-order chi connectivity index (χ0) is 10.4. The van der Waals surface area contributed by atoms with Gasteiger partial charge in [-0.05, 0) is 24.3 Å². The van der Waals surface area contributed by atoms with E-state index in [4.69, 9.17) is 16.0 Å². The van der Waals surface area contributed by atoms with Crippen molar-refractivity contribution >= 4 is 5.84 Å². The lowest BCUT2D eigenvalue weighted by molar-refractivity contribution is 0.318. The van der Waals surface area contributed by atoms with Crippen molar-refractivity contribution in [1.29, 1.82) is 0 Å². The van der Waals surface area contributed by atoms with Crippen molar-refractivity contribution in [3.8, 4) is 11.8 Å². The van der Waals surface area contributed by atoms with E-state index in [0.717, 1.165) is 5.56 Å². The average molecular weight is 190 g/mol. The van der Waals surface area contributed by atoms with E-state index < -0.39 is 0 Å². The van der Waals surface area contributed by atoms with Gasteiger partial charge in [-0.3, -0.25) is 0 Å². The van der Waals surface area contributed by atoms with Gasteiger partial charge in [0.05, 0.1) is 0 Å². The molecule has 0 saturated heterocycles. The van der Waals surface area contributed by atoms with Crippen molar-refractivity contribution in [3.63, 3.8) is 0 Å². The van der Waals surface area contributed by atoms with Crippen LogP contribution in [0.15, 0.2) is 29.4 Å². The Morgan fingerprint density at radius 2 is 2.00 bits per heavy atom. The molecule has 0 bridgehead atoms. The van der Waals surface area contributed by atoms with Crippen LogP contribution in [0.4, 0.5) is 0 Å². The van der Waals surface area contributed by atoms with Gasteiger partial charge in [0.25, 0.3) is 0 Å². The van der Waals surface area contributed by atoms with Crippen LogP contribution in [0.25, 0.3) is 0 Å². The van der Waals surface area contributed by atoms with Crippen LogP contribution >= 0.6 is 0 Å². The molecule has 0 aliphatic carbocycles. The Labute approximate surface area is 81.7 Å². The summed E-state index contributed by atoms with van der Waals surface area (Å²) in [6.45, 7) is -0.165. The Hall–Kier alpha value is -1.99. The number of rotatable bonds is 1. The zero-order valence-electron chi connectivity index (χ0n) is 7.44. The van der Waals surface area contributed by atoms with Crippen LogP contribution in [0.2, 0.25) is 0 Å². The molecular formula is C10H10N2O2. The molecule has 4 N–H and O–H groups in total. The number of oxime groups is 1. The molecule has 0 fully saturated rings. The van der Waals surface area contributed by atoms with Gasteiger partial charge in [0.1, 0.15) is 6.61 Å². The normalized spacial score (nSPS) is 10.5. The fourth-order valence-corrected chi connectivity index (χ4v) is 0.924. The molecule has 72 valence electrons. The molecule has 1 aromatic carbocycles. The van der Waals surface area contributed by atoms with Gasteiger partial charge in [0, 0.05) is 11.1 Å². The second kappa shape index (κ2) is 4.90. The van der Waals surface area contributed by atoms with Crippen LogP contribution in [0, 0.1) is 11.8 Å². The first-order chi connectivity index (χ1) is 6.77. The molecule has 14 heavy (non-hydrogen) atoms. The maximum Gasteiger partial charge on any atom is 0.170 e. The summed E-state index contributed by atoms with van der Waals surface area (Å²) < 4.78 is 0. The molecule has 0 heterocycles. The van der Waals surface area contributed by atoms with E-state index in [-0.39, 0.29) is 12.4 Å². The first kappa shape index (κ1) is 10.1. The minimum Gasteiger partial charge on any atom is -0.409 e. The van der Waals surface area contributed by atoms with Crippen LogP contribution < -0.4 is 5.73 Å². The van der Waals surface area contributed by atoms with E-state index in [1.54, 1.807) is 24.3 Å². The van der Waals surface area contributed by atoms with E-state index in [1.165, 1.54) is 0 Å². The summed E-state index contributed by atoms with van der Waals surface area (Å²) in [5.41, 5.74) is 6.77.